The number of ether oxygens (including phenoxy) is 2. The average molecular weight is 345 g/mol. The molecule has 0 aliphatic rings. The second-order valence-electron chi connectivity index (χ2n) is 5.21. The summed E-state index contributed by atoms with van der Waals surface area (Å²) < 4.78 is 13.3. The molecule has 6 nitrogen and oxygen atoms in total. The monoisotopic (exact) mass is 345 g/mol. The van der Waals surface area contributed by atoms with Crippen LogP contribution in [0.1, 0.15) is 32.3 Å². The molecule has 2 aromatic heterocycles. The first kappa shape index (κ1) is 16.4. The zero-order valence-corrected chi connectivity index (χ0v) is 14.5. The Labute approximate surface area is 143 Å². The second kappa shape index (κ2) is 7.44. The smallest absolute Gasteiger partial charge is 0.291 e. The van der Waals surface area contributed by atoms with Gasteiger partial charge in [-0.1, -0.05) is 30.7 Å². The molecule has 0 saturated carbocycles. The standard InChI is InChI=1S/C17H19N3O3S/c1-3-5-8-23-13-7-6-12(9-14(13)22-4-2)10-15-16(21)20-17(24-15)18-11-19-20/h6-7,9-11H,3-5,8H2,1-2H3/b15-10-. The number of nitrogens with zero attached hydrogens (tertiary/aromatic N) is 3. The lowest BCUT2D eigenvalue weighted by Crippen LogP contribution is -2.23. The van der Waals surface area contributed by atoms with Gasteiger partial charge in [-0.3, -0.25) is 4.79 Å². The number of unbranched alkanes of at least 4 members (excludes halogenated alkanes) is 1. The van der Waals surface area contributed by atoms with E-state index in [4.69, 9.17) is 9.47 Å². The van der Waals surface area contributed by atoms with Gasteiger partial charge >= 0.3 is 0 Å². The van der Waals surface area contributed by atoms with Gasteiger partial charge in [0.15, 0.2) is 11.5 Å². The number of hydrogen-bond donors (Lipinski definition) is 0. The highest BCUT2D eigenvalue weighted by Crippen LogP contribution is 2.29. The molecule has 0 bridgehead atoms. The molecule has 2 heterocycles. The molecule has 0 unspecified atom stereocenters. The molecule has 7 heteroatoms. The average Bonchev–Trinajstić information content (AvgIpc) is 3.14. The van der Waals surface area contributed by atoms with Crippen molar-refractivity contribution in [1.82, 2.24) is 14.6 Å². The molecule has 3 aromatic rings. The fourth-order valence-corrected chi connectivity index (χ4v) is 3.14. The lowest BCUT2D eigenvalue weighted by molar-refractivity contribution is 0.272. The highest BCUT2D eigenvalue weighted by molar-refractivity contribution is 7.15. The van der Waals surface area contributed by atoms with Crippen molar-refractivity contribution in [3.8, 4) is 11.5 Å². The van der Waals surface area contributed by atoms with Crippen LogP contribution >= 0.6 is 11.3 Å². The van der Waals surface area contributed by atoms with Gasteiger partial charge in [-0.15, -0.1) is 0 Å². The van der Waals surface area contributed by atoms with Gasteiger partial charge in [-0.25, -0.2) is 4.98 Å². The Morgan fingerprint density at radius 2 is 2.12 bits per heavy atom. The van der Waals surface area contributed by atoms with Gasteiger partial charge in [0.1, 0.15) is 6.33 Å². The van der Waals surface area contributed by atoms with Crippen LogP contribution in [0.4, 0.5) is 0 Å². The highest BCUT2D eigenvalue weighted by Gasteiger charge is 2.08. The minimum atomic E-state index is -0.159. The van der Waals surface area contributed by atoms with Crippen LogP contribution in [0.2, 0.25) is 0 Å². The van der Waals surface area contributed by atoms with Crippen molar-refractivity contribution < 1.29 is 9.47 Å². The molecule has 126 valence electrons. The zero-order chi connectivity index (χ0) is 16.9. The van der Waals surface area contributed by atoms with E-state index >= 15 is 0 Å². The third kappa shape index (κ3) is 3.41. The summed E-state index contributed by atoms with van der Waals surface area (Å²) in [7, 11) is 0. The van der Waals surface area contributed by atoms with Gasteiger partial charge in [0, 0.05) is 0 Å². The Hall–Kier alpha value is -2.41. The lowest BCUT2D eigenvalue weighted by atomic mass is 10.2. The Bertz CT molecular complexity index is 932. The van der Waals surface area contributed by atoms with Crippen molar-refractivity contribution in [3.63, 3.8) is 0 Å². The summed E-state index contributed by atoms with van der Waals surface area (Å²) in [5.41, 5.74) is 0.719. The van der Waals surface area contributed by atoms with Crippen molar-refractivity contribution in [2.45, 2.75) is 26.7 Å². The number of rotatable bonds is 7. The summed E-state index contributed by atoms with van der Waals surface area (Å²) in [6.45, 7) is 5.27. The van der Waals surface area contributed by atoms with E-state index in [0.29, 0.717) is 28.5 Å². The molecule has 0 spiro atoms. The van der Waals surface area contributed by atoms with Gasteiger partial charge in [0.25, 0.3) is 5.56 Å². The molecule has 0 fully saturated rings. The fraction of sp³-hybridized carbons (Fsp3) is 0.353. The Balaban J connectivity index is 1.94. The number of hydrogen-bond acceptors (Lipinski definition) is 6. The van der Waals surface area contributed by atoms with E-state index in [1.807, 2.05) is 31.2 Å². The molecule has 0 saturated heterocycles. The van der Waals surface area contributed by atoms with Gasteiger partial charge in [-0.2, -0.15) is 9.61 Å². The molecule has 0 atom stereocenters. The summed E-state index contributed by atoms with van der Waals surface area (Å²) in [5, 5.41) is 3.92. The third-order valence-electron chi connectivity index (χ3n) is 3.44. The number of fused-ring (bicyclic) bond motifs is 1. The van der Waals surface area contributed by atoms with Crippen LogP contribution in [0.3, 0.4) is 0 Å². The molecular formula is C17H19N3O3S. The first-order valence-electron chi connectivity index (χ1n) is 7.96. The van der Waals surface area contributed by atoms with Crippen LogP contribution in [-0.4, -0.2) is 27.8 Å². The predicted molar refractivity (Wildman–Crippen MR) is 93.9 cm³/mol. The molecule has 0 N–H and O–H groups in total. The molecule has 1 aromatic carbocycles. The molecule has 0 radical (unpaired) electrons. The maximum Gasteiger partial charge on any atom is 0.291 e. The van der Waals surface area contributed by atoms with Gasteiger partial charge in [0.05, 0.1) is 17.7 Å². The topological polar surface area (TPSA) is 65.7 Å². The summed E-state index contributed by atoms with van der Waals surface area (Å²) in [4.78, 5) is 16.9. The maximum atomic E-state index is 12.2. The van der Waals surface area contributed by atoms with Crippen LogP contribution < -0.4 is 19.6 Å². The van der Waals surface area contributed by atoms with E-state index < -0.39 is 0 Å². The first-order chi connectivity index (χ1) is 11.7. The fourth-order valence-electron chi connectivity index (χ4n) is 2.26. The predicted octanol–water partition coefficient (Wildman–Crippen LogP) is 2.28. The lowest BCUT2D eigenvalue weighted by Gasteiger charge is -2.12. The Kier molecular flexibility index (Phi) is 5.10. The van der Waals surface area contributed by atoms with Crippen LogP contribution in [0, 0.1) is 0 Å². The molecular weight excluding hydrogens is 326 g/mol. The van der Waals surface area contributed by atoms with E-state index in [1.165, 1.54) is 22.2 Å². The molecule has 0 aliphatic carbocycles. The van der Waals surface area contributed by atoms with Crippen molar-refractivity contribution in [2.24, 2.45) is 0 Å². The van der Waals surface area contributed by atoms with Crippen LogP contribution in [0.25, 0.3) is 11.0 Å². The van der Waals surface area contributed by atoms with Crippen LogP contribution in [0.15, 0.2) is 29.3 Å². The largest absolute Gasteiger partial charge is 0.490 e. The van der Waals surface area contributed by atoms with E-state index in [9.17, 15) is 4.79 Å². The van der Waals surface area contributed by atoms with Crippen molar-refractivity contribution in [2.75, 3.05) is 13.2 Å². The quantitative estimate of drug-likeness (QED) is 0.615. The first-order valence-corrected chi connectivity index (χ1v) is 8.78. The minimum Gasteiger partial charge on any atom is -0.490 e. The zero-order valence-electron chi connectivity index (χ0n) is 13.7. The molecule has 24 heavy (non-hydrogen) atoms. The Morgan fingerprint density at radius 3 is 2.88 bits per heavy atom. The number of benzene rings is 1. The summed E-state index contributed by atoms with van der Waals surface area (Å²) in [6.07, 6.45) is 5.28. The SMILES string of the molecule is CCCCOc1ccc(/C=c2\sc3ncnn3c2=O)cc1OCC. The van der Waals surface area contributed by atoms with Gasteiger partial charge < -0.3 is 9.47 Å². The summed E-state index contributed by atoms with van der Waals surface area (Å²) in [5.74, 6) is 1.42. The van der Waals surface area contributed by atoms with Crippen molar-refractivity contribution in [1.29, 1.82) is 0 Å². The molecule has 0 aliphatic heterocycles. The van der Waals surface area contributed by atoms with E-state index in [-0.39, 0.29) is 5.56 Å². The molecule has 0 amide bonds. The molecule has 3 rings (SSSR count). The van der Waals surface area contributed by atoms with Gasteiger partial charge in [-0.05, 0) is 37.1 Å². The van der Waals surface area contributed by atoms with Crippen molar-refractivity contribution >= 4 is 22.4 Å². The van der Waals surface area contributed by atoms with E-state index in [1.54, 1.807) is 0 Å². The minimum absolute atomic E-state index is 0.159. The number of aromatic nitrogens is 3. The maximum absolute atomic E-state index is 12.2. The Morgan fingerprint density at radius 1 is 1.25 bits per heavy atom. The number of thiazole rings is 1. The summed E-state index contributed by atoms with van der Waals surface area (Å²) in [6, 6.07) is 5.69. The second-order valence-corrected chi connectivity index (χ2v) is 6.22. The highest BCUT2D eigenvalue weighted by atomic mass is 32.1. The normalized spacial score (nSPS) is 12.0. The van der Waals surface area contributed by atoms with E-state index in [0.717, 1.165) is 24.2 Å². The van der Waals surface area contributed by atoms with Crippen LogP contribution in [0.5, 0.6) is 11.5 Å². The van der Waals surface area contributed by atoms with Crippen LogP contribution in [-0.2, 0) is 0 Å². The third-order valence-corrected chi connectivity index (χ3v) is 4.42. The van der Waals surface area contributed by atoms with E-state index in [2.05, 4.69) is 17.0 Å². The van der Waals surface area contributed by atoms with Gasteiger partial charge in [0.2, 0.25) is 4.96 Å². The summed E-state index contributed by atoms with van der Waals surface area (Å²) >= 11 is 1.31. The van der Waals surface area contributed by atoms with Crippen molar-refractivity contribution in [3.05, 3.63) is 45.0 Å².